The fourth-order valence-corrected chi connectivity index (χ4v) is 1.58. The summed E-state index contributed by atoms with van der Waals surface area (Å²) >= 11 is 5.97. The molecule has 1 aromatic heterocycles. The third kappa shape index (κ3) is 2.57. The molecule has 0 spiro atoms. The normalized spacial score (nSPS) is 10.4. The van der Waals surface area contributed by atoms with Crippen LogP contribution in [-0.2, 0) is 6.54 Å². The van der Waals surface area contributed by atoms with Crippen LogP contribution in [0.25, 0.3) is 0 Å². The first kappa shape index (κ1) is 12.7. The number of rotatable bonds is 3. The highest BCUT2D eigenvalue weighted by Crippen LogP contribution is 2.31. The Morgan fingerprint density at radius 1 is 1.28 bits per heavy atom. The van der Waals surface area contributed by atoms with Crippen molar-refractivity contribution in [3.05, 3.63) is 52.7 Å². The van der Waals surface area contributed by atoms with Gasteiger partial charge in [0.2, 0.25) is 5.88 Å². The first-order valence-corrected chi connectivity index (χ1v) is 5.46. The van der Waals surface area contributed by atoms with Crippen LogP contribution in [0.5, 0.6) is 11.6 Å². The van der Waals surface area contributed by atoms with Crippen LogP contribution in [0.3, 0.4) is 0 Å². The molecule has 0 atom stereocenters. The van der Waals surface area contributed by atoms with E-state index in [9.17, 15) is 8.78 Å². The van der Waals surface area contributed by atoms with Gasteiger partial charge >= 0.3 is 0 Å². The van der Waals surface area contributed by atoms with E-state index < -0.39 is 11.6 Å². The summed E-state index contributed by atoms with van der Waals surface area (Å²) in [5, 5.41) is 0.184. The summed E-state index contributed by atoms with van der Waals surface area (Å²) < 4.78 is 31.5. The highest BCUT2D eigenvalue weighted by Gasteiger charge is 2.12. The lowest BCUT2D eigenvalue weighted by Crippen LogP contribution is -2.00. The average Bonchev–Trinajstić information content (AvgIpc) is 2.36. The van der Waals surface area contributed by atoms with E-state index in [1.165, 1.54) is 6.20 Å². The van der Waals surface area contributed by atoms with Gasteiger partial charge in [-0.1, -0.05) is 11.6 Å². The Labute approximate surface area is 107 Å². The van der Waals surface area contributed by atoms with Crippen molar-refractivity contribution in [3.8, 4) is 11.6 Å². The molecule has 1 heterocycles. The first-order valence-electron chi connectivity index (χ1n) is 5.08. The first-order chi connectivity index (χ1) is 8.61. The fraction of sp³-hybridized carbons (Fsp3) is 0.0833. The summed E-state index contributed by atoms with van der Waals surface area (Å²) in [4.78, 5) is 3.85. The molecule has 0 aliphatic rings. The van der Waals surface area contributed by atoms with Crippen molar-refractivity contribution in [2.24, 2.45) is 5.73 Å². The molecule has 2 N–H and O–H groups in total. The number of aromatic nitrogens is 1. The molecular formula is C12H9ClF2N2O. The molecular weight excluding hydrogens is 262 g/mol. The van der Waals surface area contributed by atoms with Gasteiger partial charge in [0.15, 0.2) is 11.6 Å². The average molecular weight is 271 g/mol. The second-order valence-electron chi connectivity index (χ2n) is 3.47. The summed E-state index contributed by atoms with van der Waals surface area (Å²) in [6.07, 6.45) is 1.43. The molecule has 0 aliphatic carbocycles. The van der Waals surface area contributed by atoms with Gasteiger partial charge in [-0.3, -0.25) is 0 Å². The molecule has 0 saturated carbocycles. The van der Waals surface area contributed by atoms with Crippen LogP contribution in [0.2, 0.25) is 5.02 Å². The van der Waals surface area contributed by atoms with Gasteiger partial charge in [-0.2, -0.15) is 0 Å². The van der Waals surface area contributed by atoms with E-state index in [-0.39, 0.29) is 23.2 Å². The second-order valence-corrected chi connectivity index (χ2v) is 3.85. The predicted octanol–water partition coefficient (Wildman–Crippen LogP) is 3.26. The summed E-state index contributed by atoms with van der Waals surface area (Å²) in [5.74, 6) is -1.60. The van der Waals surface area contributed by atoms with Crippen LogP contribution in [0.4, 0.5) is 8.78 Å². The van der Waals surface area contributed by atoms with E-state index in [0.717, 1.165) is 18.2 Å². The van der Waals surface area contributed by atoms with Crippen molar-refractivity contribution in [3.63, 3.8) is 0 Å². The molecule has 3 nitrogen and oxygen atoms in total. The van der Waals surface area contributed by atoms with Gasteiger partial charge in [-0.25, -0.2) is 13.8 Å². The minimum Gasteiger partial charge on any atom is -0.434 e. The van der Waals surface area contributed by atoms with Gasteiger partial charge in [0.1, 0.15) is 10.8 Å². The number of halogens is 3. The number of pyridine rings is 1. The summed E-state index contributed by atoms with van der Waals surface area (Å²) in [5.41, 5.74) is 6.07. The summed E-state index contributed by atoms with van der Waals surface area (Å²) in [7, 11) is 0. The van der Waals surface area contributed by atoms with Crippen molar-refractivity contribution in [2.45, 2.75) is 6.54 Å². The smallest absolute Gasteiger partial charge is 0.238 e. The maximum absolute atomic E-state index is 13.4. The van der Waals surface area contributed by atoms with E-state index in [0.29, 0.717) is 5.56 Å². The molecule has 0 aliphatic heterocycles. The van der Waals surface area contributed by atoms with Gasteiger partial charge in [0, 0.05) is 18.8 Å². The van der Waals surface area contributed by atoms with Crippen LogP contribution in [-0.4, -0.2) is 4.98 Å². The third-order valence-electron chi connectivity index (χ3n) is 2.26. The molecule has 18 heavy (non-hydrogen) atoms. The Morgan fingerprint density at radius 3 is 2.78 bits per heavy atom. The molecule has 2 aromatic rings. The highest BCUT2D eigenvalue weighted by atomic mass is 35.5. The minimum atomic E-state index is -0.701. The number of hydrogen-bond donors (Lipinski definition) is 1. The summed E-state index contributed by atoms with van der Waals surface area (Å²) in [6.45, 7) is 0.198. The van der Waals surface area contributed by atoms with E-state index >= 15 is 0 Å². The maximum Gasteiger partial charge on any atom is 0.238 e. The SMILES string of the molecule is NCc1ccnc(Oc2cc(F)ccc2F)c1Cl. The zero-order chi connectivity index (χ0) is 13.1. The van der Waals surface area contributed by atoms with E-state index in [2.05, 4.69) is 4.98 Å². The van der Waals surface area contributed by atoms with Gasteiger partial charge in [-0.05, 0) is 23.8 Å². The van der Waals surface area contributed by atoms with Crippen molar-refractivity contribution in [1.29, 1.82) is 0 Å². The van der Waals surface area contributed by atoms with Crippen LogP contribution in [0.15, 0.2) is 30.5 Å². The lowest BCUT2D eigenvalue weighted by molar-refractivity contribution is 0.422. The summed E-state index contributed by atoms with van der Waals surface area (Å²) in [6, 6.07) is 4.50. The second kappa shape index (κ2) is 5.29. The predicted molar refractivity (Wildman–Crippen MR) is 63.6 cm³/mol. The standard InChI is InChI=1S/C12H9ClF2N2O/c13-11-7(6-16)3-4-17-12(11)18-10-5-8(14)1-2-9(10)15/h1-5H,6,16H2. The van der Waals surface area contributed by atoms with Gasteiger partial charge in [0.05, 0.1) is 0 Å². The quantitative estimate of drug-likeness (QED) is 0.931. The Balaban J connectivity index is 2.37. The molecule has 0 bridgehead atoms. The Hall–Kier alpha value is -1.72. The van der Waals surface area contributed by atoms with Crippen molar-refractivity contribution in [2.75, 3.05) is 0 Å². The number of hydrogen-bond acceptors (Lipinski definition) is 3. The molecule has 0 saturated heterocycles. The largest absolute Gasteiger partial charge is 0.434 e. The van der Waals surface area contributed by atoms with Crippen LogP contribution in [0.1, 0.15) is 5.56 Å². The topological polar surface area (TPSA) is 48.1 Å². The zero-order valence-electron chi connectivity index (χ0n) is 9.16. The van der Waals surface area contributed by atoms with Crippen molar-refractivity contribution in [1.82, 2.24) is 4.98 Å². The number of nitrogens with two attached hydrogens (primary N) is 1. The lowest BCUT2D eigenvalue weighted by atomic mass is 10.2. The highest BCUT2D eigenvalue weighted by molar-refractivity contribution is 6.32. The van der Waals surface area contributed by atoms with Gasteiger partial charge in [-0.15, -0.1) is 0 Å². The Kier molecular flexibility index (Phi) is 3.74. The van der Waals surface area contributed by atoms with Crippen LogP contribution >= 0.6 is 11.6 Å². The maximum atomic E-state index is 13.4. The minimum absolute atomic E-state index is 0.0101. The molecule has 2 rings (SSSR count). The van der Waals surface area contributed by atoms with Crippen molar-refractivity contribution < 1.29 is 13.5 Å². The number of nitrogens with zero attached hydrogens (tertiary/aromatic N) is 1. The van der Waals surface area contributed by atoms with E-state index in [1.807, 2.05) is 0 Å². The van der Waals surface area contributed by atoms with Gasteiger partial charge < -0.3 is 10.5 Å². The molecule has 94 valence electrons. The molecule has 0 fully saturated rings. The number of benzene rings is 1. The molecule has 1 aromatic carbocycles. The van der Waals surface area contributed by atoms with Crippen molar-refractivity contribution >= 4 is 11.6 Å². The Bertz CT molecular complexity index is 578. The molecule has 6 heteroatoms. The lowest BCUT2D eigenvalue weighted by Gasteiger charge is -2.09. The van der Waals surface area contributed by atoms with Gasteiger partial charge in [0.25, 0.3) is 0 Å². The monoisotopic (exact) mass is 270 g/mol. The third-order valence-corrected chi connectivity index (χ3v) is 2.66. The van der Waals surface area contributed by atoms with Crippen LogP contribution in [0, 0.1) is 11.6 Å². The zero-order valence-corrected chi connectivity index (χ0v) is 9.92. The number of ether oxygens (including phenoxy) is 1. The van der Waals surface area contributed by atoms with E-state index in [1.54, 1.807) is 6.07 Å². The molecule has 0 unspecified atom stereocenters. The Morgan fingerprint density at radius 2 is 2.06 bits per heavy atom. The molecule has 0 amide bonds. The van der Waals surface area contributed by atoms with E-state index in [4.69, 9.17) is 22.1 Å². The van der Waals surface area contributed by atoms with Crippen LogP contribution < -0.4 is 10.5 Å². The molecule has 0 radical (unpaired) electrons. The fourth-order valence-electron chi connectivity index (χ4n) is 1.35.